The minimum atomic E-state index is -0.0641. The van der Waals surface area contributed by atoms with E-state index in [1.54, 1.807) is 0 Å². The minimum Gasteiger partial charge on any atom is -0.318 e. The van der Waals surface area contributed by atoms with Crippen molar-refractivity contribution in [3.05, 3.63) is 181 Å². The van der Waals surface area contributed by atoms with E-state index in [0.717, 1.165) is 17.8 Å². The van der Waals surface area contributed by atoms with Crippen molar-refractivity contribution in [3.8, 4) is 22.3 Å². The van der Waals surface area contributed by atoms with Crippen molar-refractivity contribution in [2.45, 2.75) is 31.6 Å². The van der Waals surface area contributed by atoms with Gasteiger partial charge in [0.25, 0.3) is 0 Å². The summed E-state index contributed by atoms with van der Waals surface area (Å²) in [7, 11) is 0. The molecule has 0 bridgehead atoms. The van der Waals surface area contributed by atoms with Gasteiger partial charge >= 0.3 is 0 Å². The molecule has 0 saturated carbocycles. The van der Waals surface area contributed by atoms with Crippen LogP contribution in [0.4, 0.5) is 11.4 Å². The zero-order valence-corrected chi connectivity index (χ0v) is 27.7. The lowest BCUT2D eigenvalue weighted by molar-refractivity contribution is 0.660. The summed E-state index contributed by atoms with van der Waals surface area (Å²) in [5.74, 6) is 0.256. The SMILES string of the molecule is C=CC(C/C=C/N(c1ccc(-c2cccc3c2sc2ccccc23)cc1)c1ccc2c(c1)C(C)(C)c1ccccc1-2)c1ccccc1. The molecular formula is C45H37NS. The number of thiophene rings is 1. The first-order valence-corrected chi connectivity index (χ1v) is 17.2. The molecular weight excluding hydrogens is 587 g/mol. The van der Waals surface area contributed by atoms with E-state index in [1.165, 1.54) is 59.1 Å². The number of rotatable bonds is 8. The van der Waals surface area contributed by atoms with Crippen molar-refractivity contribution in [2.75, 3.05) is 4.90 Å². The van der Waals surface area contributed by atoms with Crippen molar-refractivity contribution in [1.82, 2.24) is 0 Å². The molecule has 0 spiro atoms. The summed E-state index contributed by atoms with van der Waals surface area (Å²) in [4.78, 5) is 2.34. The Morgan fingerprint density at radius 1 is 0.660 bits per heavy atom. The predicted molar refractivity (Wildman–Crippen MR) is 204 cm³/mol. The molecule has 1 aliphatic rings. The lowest BCUT2D eigenvalue weighted by atomic mass is 9.82. The van der Waals surface area contributed by atoms with Crippen LogP contribution in [0.3, 0.4) is 0 Å². The van der Waals surface area contributed by atoms with Gasteiger partial charge in [-0.25, -0.2) is 0 Å². The third-order valence-electron chi connectivity index (χ3n) is 9.86. The number of benzene rings is 6. The lowest BCUT2D eigenvalue weighted by Gasteiger charge is -2.26. The summed E-state index contributed by atoms with van der Waals surface area (Å²) < 4.78 is 2.67. The van der Waals surface area contributed by atoms with Crippen LogP contribution in [0.1, 0.15) is 42.9 Å². The van der Waals surface area contributed by atoms with Crippen LogP contribution in [0.15, 0.2) is 164 Å². The van der Waals surface area contributed by atoms with E-state index in [4.69, 9.17) is 0 Å². The quantitative estimate of drug-likeness (QED) is 0.152. The van der Waals surface area contributed by atoms with Crippen LogP contribution in [-0.4, -0.2) is 0 Å². The number of allylic oxidation sites excluding steroid dienone is 2. The highest BCUT2D eigenvalue weighted by molar-refractivity contribution is 7.26. The van der Waals surface area contributed by atoms with Gasteiger partial charge in [0, 0.05) is 49.1 Å². The Morgan fingerprint density at radius 2 is 1.34 bits per heavy atom. The zero-order chi connectivity index (χ0) is 32.0. The molecule has 0 aliphatic heterocycles. The van der Waals surface area contributed by atoms with Crippen molar-refractivity contribution < 1.29 is 0 Å². The van der Waals surface area contributed by atoms with Crippen molar-refractivity contribution >= 4 is 42.9 Å². The Balaban J connectivity index is 1.18. The van der Waals surface area contributed by atoms with Crippen molar-refractivity contribution in [3.63, 3.8) is 0 Å². The third kappa shape index (κ3) is 5.10. The number of nitrogens with zero attached hydrogens (tertiary/aromatic N) is 1. The Kier molecular flexibility index (Phi) is 7.39. The van der Waals surface area contributed by atoms with E-state index in [9.17, 15) is 0 Å². The van der Waals surface area contributed by atoms with Gasteiger partial charge in [-0.1, -0.05) is 135 Å². The molecule has 8 rings (SSSR count). The number of anilines is 2. The standard InChI is InChI=1S/C45H37NS/c1-4-31(32-14-6-5-7-15-32)16-13-29-46(35-27-28-38-37-17-8-10-21-41(37)45(2,3)42(38)30-35)34-25-23-33(24-26-34)36-19-12-20-40-39-18-9-11-22-43(39)47-44(36)40/h4-15,17-31H,1,16H2,2-3H3/b29-13+. The fourth-order valence-electron chi connectivity index (χ4n) is 7.32. The molecule has 47 heavy (non-hydrogen) atoms. The molecule has 228 valence electrons. The van der Waals surface area contributed by atoms with E-state index in [-0.39, 0.29) is 11.3 Å². The van der Waals surface area contributed by atoms with Crippen LogP contribution < -0.4 is 4.90 Å². The van der Waals surface area contributed by atoms with Gasteiger partial charge in [-0.3, -0.25) is 0 Å². The van der Waals surface area contributed by atoms with Crippen LogP contribution in [0.2, 0.25) is 0 Å². The van der Waals surface area contributed by atoms with Crippen LogP contribution in [0, 0.1) is 0 Å². The molecule has 0 radical (unpaired) electrons. The van der Waals surface area contributed by atoms with Crippen LogP contribution >= 0.6 is 11.3 Å². The Hall–Kier alpha value is -5.18. The Labute approximate surface area is 281 Å². The molecule has 1 aromatic heterocycles. The highest BCUT2D eigenvalue weighted by Crippen LogP contribution is 2.50. The van der Waals surface area contributed by atoms with E-state index in [1.807, 2.05) is 11.3 Å². The summed E-state index contributed by atoms with van der Waals surface area (Å²) in [5.41, 5.74) is 11.5. The molecule has 0 saturated heterocycles. The van der Waals surface area contributed by atoms with Gasteiger partial charge in [0.05, 0.1) is 0 Å². The van der Waals surface area contributed by atoms with Gasteiger partial charge in [-0.15, -0.1) is 17.9 Å². The predicted octanol–water partition coefficient (Wildman–Crippen LogP) is 13.0. The second-order valence-corrected chi connectivity index (χ2v) is 14.0. The first kappa shape index (κ1) is 29.2. The van der Waals surface area contributed by atoms with Gasteiger partial charge in [0.2, 0.25) is 0 Å². The Morgan fingerprint density at radius 3 is 2.17 bits per heavy atom. The van der Waals surface area contributed by atoms with Crippen molar-refractivity contribution in [1.29, 1.82) is 0 Å². The average Bonchev–Trinajstić information content (AvgIpc) is 3.61. The van der Waals surface area contributed by atoms with Gasteiger partial charge < -0.3 is 4.90 Å². The summed E-state index contributed by atoms with van der Waals surface area (Å²) in [5, 5.41) is 2.66. The molecule has 1 atom stereocenters. The normalized spacial score (nSPS) is 13.9. The maximum atomic E-state index is 4.15. The fourth-order valence-corrected chi connectivity index (χ4v) is 8.56. The molecule has 6 aromatic carbocycles. The minimum absolute atomic E-state index is 0.0641. The first-order chi connectivity index (χ1) is 23.0. The molecule has 1 nitrogen and oxygen atoms in total. The maximum Gasteiger partial charge on any atom is 0.0458 e. The smallest absolute Gasteiger partial charge is 0.0458 e. The first-order valence-electron chi connectivity index (χ1n) is 16.4. The molecule has 7 aromatic rings. The fraction of sp³-hybridized carbons (Fsp3) is 0.111. The molecule has 0 amide bonds. The van der Waals surface area contributed by atoms with Crippen LogP contribution in [-0.2, 0) is 5.41 Å². The zero-order valence-electron chi connectivity index (χ0n) is 26.9. The van der Waals surface area contributed by atoms with Gasteiger partial charge in [0.1, 0.15) is 0 Å². The van der Waals surface area contributed by atoms with Gasteiger partial charge in [-0.2, -0.15) is 0 Å². The van der Waals surface area contributed by atoms with Crippen LogP contribution in [0.5, 0.6) is 0 Å². The van der Waals surface area contributed by atoms with E-state index in [0.29, 0.717) is 0 Å². The largest absolute Gasteiger partial charge is 0.318 e. The average molecular weight is 624 g/mol. The molecule has 1 heterocycles. The van der Waals surface area contributed by atoms with E-state index < -0.39 is 0 Å². The summed E-state index contributed by atoms with van der Waals surface area (Å²) in [6.45, 7) is 8.85. The number of hydrogen-bond acceptors (Lipinski definition) is 2. The molecule has 0 N–H and O–H groups in total. The monoisotopic (exact) mass is 623 g/mol. The molecule has 0 fully saturated rings. The summed E-state index contributed by atoms with van der Waals surface area (Å²) >= 11 is 1.88. The van der Waals surface area contributed by atoms with Crippen molar-refractivity contribution in [2.24, 2.45) is 0 Å². The second kappa shape index (κ2) is 11.9. The Bertz CT molecular complexity index is 2270. The van der Waals surface area contributed by atoms with E-state index >= 15 is 0 Å². The third-order valence-corrected chi connectivity index (χ3v) is 11.1. The summed E-state index contributed by atoms with van der Waals surface area (Å²) in [6, 6.07) is 51.0. The van der Waals surface area contributed by atoms with Crippen LogP contribution in [0.25, 0.3) is 42.4 Å². The molecule has 1 aliphatic carbocycles. The summed E-state index contributed by atoms with van der Waals surface area (Å²) in [6.07, 6.45) is 7.47. The lowest BCUT2D eigenvalue weighted by Crippen LogP contribution is -2.16. The number of hydrogen-bond donors (Lipinski definition) is 0. The highest BCUT2D eigenvalue weighted by Gasteiger charge is 2.35. The highest BCUT2D eigenvalue weighted by atomic mass is 32.1. The second-order valence-electron chi connectivity index (χ2n) is 13.0. The van der Waals surface area contributed by atoms with E-state index in [2.05, 4.69) is 183 Å². The maximum absolute atomic E-state index is 4.15. The number of fused-ring (bicyclic) bond motifs is 6. The van der Waals surface area contributed by atoms with Gasteiger partial charge in [0.15, 0.2) is 0 Å². The molecule has 2 heteroatoms. The van der Waals surface area contributed by atoms with Gasteiger partial charge in [-0.05, 0) is 75.7 Å². The topological polar surface area (TPSA) is 3.24 Å². The molecule has 1 unspecified atom stereocenters.